The van der Waals surface area contributed by atoms with Gasteiger partial charge in [-0.1, -0.05) is 26.0 Å². The zero-order valence-electron chi connectivity index (χ0n) is 15.3. The number of benzene rings is 1. The molecule has 1 aliphatic rings. The van der Waals surface area contributed by atoms with Gasteiger partial charge in [0.25, 0.3) is 11.8 Å². The molecule has 1 aromatic carbocycles. The SMILES string of the molecule is CC(C)CCO[C@H](C)C(=O)N1CCN(C(=O)c2ccccc2O)CC1. The van der Waals surface area contributed by atoms with Crippen molar-refractivity contribution in [1.29, 1.82) is 0 Å². The maximum atomic E-state index is 12.5. The molecule has 6 nitrogen and oxygen atoms in total. The van der Waals surface area contributed by atoms with Crippen molar-refractivity contribution >= 4 is 11.8 Å². The number of phenolic OH excluding ortho intramolecular Hbond substituents is 1. The normalized spacial score (nSPS) is 16.2. The van der Waals surface area contributed by atoms with Gasteiger partial charge in [-0.2, -0.15) is 0 Å². The molecule has 138 valence electrons. The highest BCUT2D eigenvalue weighted by molar-refractivity contribution is 5.97. The van der Waals surface area contributed by atoms with Gasteiger partial charge in [0.15, 0.2) is 0 Å². The van der Waals surface area contributed by atoms with Crippen LogP contribution in [0.2, 0.25) is 0 Å². The van der Waals surface area contributed by atoms with Crippen molar-refractivity contribution < 1.29 is 19.4 Å². The number of aromatic hydroxyl groups is 1. The molecule has 0 bridgehead atoms. The first-order valence-corrected chi connectivity index (χ1v) is 8.87. The van der Waals surface area contributed by atoms with Crippen LogP contribution in [0.15, 0.2) is 24.3 Å². The molecule has 1 aromatic rings. The Morgan fingerprint density at radius 1 is 1.08 bits per heavy atom. The molecule has 2 amide bonds. The number of ether oxygens (including phenoxy) is 1. The lowest BCUT2D eigenvalue weighted by Crippen LogP contribution is -2.52. The molecule has 25 heavy (non-hydrogen) atoms. The van der Waals surface area contributed by atoms with Gasteiger partial charge in [0.2, 0.25) is 0 Å². The molecule has 1 saturated heterocycles. The van der Waals surface area contributed by atoms with E-state index in [9.17, 15) is 14.7 Å². The maximum Gasteiger partial charge on any atom is 0.257 e. The van der Waals surface area contributed by atoms with Crippen LogP contribution in [0.4, 0.5) is 0 Å². The summed E-state index contributed by atoms with van der Waals surface area (Å²) in [6.07, 6.45) is 0.472. The molecule has 1 heterocycles. The average Bonchev–Trinajstić information content (AvgIpc) is 2.60. The van der Waals surface area contributed by atoms with Crippen LogP contribution in [0.3, 0.4) is 0 Å². The van der Waals surface area contributed by atoms with E-state index in [0.717, 1.165) is 6.42 Å². The van der Waals surface area contributed by atoms with Crippen molar-refractivity contribution in [3.8, 4) is 5.75 Å². The summed E-state index contributed by atoms with van der Waals surface area (Å²) in [5.41, 5.74) is 0.299. The highest BCUT2D eigenvalue weighted by Crippen LogP contribution is 2.19. The summed E-state index contributed by atoms with van der Waals surface area (Å²) in [4.78, 5) is 28.3. The van der Waals surface area contributed by atoms with Crippen LogP contribution >= 0.6 is 0 Å². The molecule has 0 saturated carbocycles. The van der Waals surface area contributed by atoms with E-state index in [2.05, 4.69) is 13.8 Å². The zero-order chi connectivity index (χ0) is 18.4. The number of piperazine rings is 1. The maximum absolute atomic E-state index is 12.5. The van der Waals surface area contributed by atoms with Gasteiger partial charge in [0.05, 0.1) is 5.56 Å². The lowest BCUT2D eigenvalue weighted by Gasteiger charge is -2.36. The molecular weight excluding hydrogens is 320 g/mol. The van der Waals surface area contributed by atoms with Crippen molar-refractivity contribution in [3.63, 3.8) is 0 Å². The predicted molar refractivity (Wildman–Crippen MR) is 95.5 cm³/mol. The Balaban J connectivity index is 1.83. The summed E-state index contributed by atoms with van der Waals surface area (Å²) in [6, 6.07) is 6.52. The standard InChI is InChI=1S/C19H28N2O4/c1-14(2)8-13-25-15(3)18(23)20-9-11-21(12-10-20)19(24)16-6-4-5-7-17(16)22/h4-7,14-15,22H,8-13H2,1-3H3/t15-/m1/s1. The van der Waals surface area contributed by atoms with E-state index in [4.69, 9.17) is 4.74 Å². The van der Waals surface area contributed by atoms with Crippen molar-refractivity contribution in [1.82, 2.24) is 9.80 Å². The second-order valence-electron chi connectivity index (χ2n) is 6.83. The first kappa shape index (κ1) is 19.2. The fourth-order valence-corrected chi connectivity index (χ4v) is 2.76. The van der Waals surface area contributed by atoms with Gasteiger partial charge in [-0.05, 0) is 31.4 Å². The van der Waals surface area contributed by atoms with E-state index in [0.29, 0.717) is 44.3 Å². The molecule has 2 rings (SSSR count). The minimum atomic E-state index is -0.459. The highest BCUT2D eigenvalue weighted by Gasteiger charge is 2.28. The molecule has 1 atom stereocenters. The number of nitrogens with zero attached hydrogens (tertiary/aromatic N) is 2. The van der Waals surface area contributed by atoms with E-state index >= 15 is 0 Å². The Kier molecular flexibility index (Phi) is 6.82. The number of rotatable bonds is 6. The number of para-hydroxylation sites is 1. The van der Waals surface area contributed by atoms with Gasteiger partial charge in [0.1, 0.15) is 11.9 Å². The van der Waals surface area contributed by atoms with E-state index in [1.54, 1.807) is 34.9 Å². The second kappa shape index (κ2) is 8.85. The average molecular weight is 348 g/mol. The molecule has 1 N–H and O–H groups in total. The third kappa shape index (κ3) is 5.19. The summed E-state index contributed by atoms with van der Waals surface area (Å²) < 4.78 is 5.62. The number of hydrogen-bond donors (Lipinski definition) is 1. The van der Waals surface area contributed by atoms with Gasteiger partial charge < -0.3 is 19.6 Å². The van der Waals surface area contributed by atoms with Crippen LogP contribution in [-0.2, 0) is 9.53 Å². The van der Waals surface area contributed by atoms with Gasteiger partial charge in [0, 0.05) is 32.8 Å². The van der Waals surface area contributed by atoms with Crippen molar-refractivity contribution in [3.05, 3.63) is 29.8 Å². The van der Waals surface area contributed by atoms with Crippen molar-refractivity contribution in [2.24, 2.45) is 5.92 Å². The highest BCUT2D eigenvalue weighted by atomic mass is 16.5. The first-order valence-electron chi connectivity index (χ1n) is 8.87. The topological polar surface area (TPSA) is 70.1 Å². The van der Waals surface area contributed by atoms with Crippen LogP contribution in [0.25, 0.3) is 0 Å². The number of carbonyl (C=O) groups is 2. The molecule has 1 fully saturated rings. The fourth-order valence-electron chi connectivity index (χ4n) is 2.76. The molecule has 6 heteroatoms. The number of amides is 2. The Bertz CT molecular complexity index is 595. The lowest BCUT2D eigenvalue weighted by atomic mass is 10.1. The predicted octanol–water partition coefficient (Wildman–Crippen LogP) is 2.13. The van der Waals surface area contributed by atoms with Crippen molar-refractivity contribution in [2.75, 3.05) is 32.8 Å². The van der Waals surface area contributed by atoms with Crippen LogP contribution in [0.5, 0.6) is 5.75 Å². The van der Waals surface area contributed by atoms with Crippen LogP contribution < -0.4 is 0 Å². The molecular formula is C19H28N2O4. The molecule has 0 spiro atoms. The van der Waals surface area contributed by atoms with Gasteiger partial charge >= 0.3 is 0 Å². The van der Waals surface area contributed by atoms with Crippen LogP contribution in [0.1, 0.15) is 37.6 Å². The summed E-state index contributed by atoms with van der Waals surface area (Å²) in [7, 11) is 0. The smallest absolute Gasteiger partial charge is 0.257 e. The molecule has 0 aromatic heterocycles. The largest absolute Gasteiger partial charge is 0.507 e. The van der Waals surface area contributed by atoms with E-state index in [1.165, 1.54) is 6.07 Å². The minimum absolute atomic E-state index is 0.0156. The van der Waals surface area contributed by atoms with E-state index in [-0.39, 0.29) is 17.6 Å². The quantitative estimate of drug-likeness (QED) is 0.855. The molecule has 0 aliphatic carbocycles. The molecule has 1 aliphatic heterocycles. The Morgan fingerprint density at radius 2 is 1.68 bits per heavy atom. The first-order chi connectivity index (χ1) is 11.9. The summed E-state index contributed by atoms with van der Waals surface area (Å²) in [5.74, 6) is 0.300. The molecule has 0 radical (unpaired) electrons. The van der Waals surface area contributed by atoms with Crippen molar-refractivity contribution in [2.45, 2.75) is 33.3 Å². The third-order valence-electron chi connectivity index (χ3n) is 4.42. The Hall–Kier alpha value is -2.08. The Morgan fingerprint density at radius 3 is 2.28 bits per heavy atom. The monoisotopic (exact) mass is 348 g/mol. The summed E-state index contributed by atoms with van der Waals surface area (Å²) in [5, 5.41) is 9.82. The van der Waals surface area contributed by atoms with Gasteiger partial charge in [-0.25, -0.2) is 0 Å². The molecule has 0 unspecified atom stereocenters. The van der Waals surface area contributed by atoms with E-state index < -0.39 is 6.10 Å². The van der Waals surface area contributed by atoms with Gasteiger partial charge in [-0.15, -0.1) is 0 Å². The minimum Gasteiger partial charge on any atom is -0.507 e. The van der Waals surface area contributed by atoms with Gasteiger partial charge in [-0.3, -0.25) is 9.59 Å². The van der Waals surface area contributed by atoms with E-state index in [1.807, 2.05) is 0 Å². The Labute approximate surface area is 149 Å². The fraction of sp³-hybridized carbons (Fsp3) is 0.579. The third-order valence-corrected chi connectivity index (χ3v) is 4.42. The summed E-state index contributed by atoms with van der Waals surface area (Å²) >= 11 is 0. The number of phenols is 1. The zero-order valence-corrected chi connectivity index (χ0v) is 15.3. The lowest BCUT2D eigenvalue weighted by molar-refractivity contribution is -0.144. The van der Waals surface area contributed by atoms with Crippen LogP contribution in [-0.4, -0.2) is 65.6 Å². The second-order valence-corrected chi connectivity index (χ2v) is 6.83. The number of hydrogen-bond acceptors (Lipinski definition) is 4. The van der Waals surface area contributed by atoms with Crippen LogP contribution in [0, 0.1) is 5.92 Å². The summed E-state index contributed by atoms with van der Waals surface area (Å²) in [6.45, 7) is 8.48. The number of carbonyl (C=O) groups excluding carboxylic acids is 2.